The van der Waals surface area contributed by atoms with Crippen molar-refractivity contribution in [3.05, 3.63) is 27.7 Å². The van der Waals surface area contributed by atoms with Crippen LogP contribution in [0.1, 0.15) is 43.6 Å². The van der Waals surface area contributed by atoms with E-state index >= 15 is 0 Å². The quantitative estimate of drug-likeness (QED) is 0.786. The Bertz CT molecular complexity index is 392. The summed E-state index contributed by atoms with van der Waals surface area (Å²) < 4.78 is 6.29. The van der Waals surface area contributed by atoms with E-state index in [1.807, 2.05) is 19.1 Å². The van der Waals surface area contributed by atoms with E-state index in [9.17, 15) is 4.79 Å². The average molecular weight is 285 g/mol. The van der Waals surface area contributed by atoms with E-state index in [1.54, 1.807) is 0 Å². The van der Waals surface area contributed by atoms with Crippen LogP contribution >= 0.6 is 15.9 Å². The fourth-order valence-corrected chi connectivity index (χ4v) is 2.02. The van der Waals surface area contributed by atoms with Crippen molar-refractivity contribution in [3.8, 4) is 5.75 Å². The zero-order valence-electron chi connectivity index (χ0n) is 10.1. The van der Waals surface area contributed by atoms with E-state index in [0.29, 0.717) is 17.9 Å². The summed E-state index contributed by atoms with van der Waals surface area (Å²) in [5.41, 5.74) is 1.73. The van der Waals surface area contributed by atoms with E-state index in [0.717, 1.165) is 16.3 Å². The van der Waals surface area contributed by atoms with Gasteiger partial charge >= 0.3 is 0 Å². The molecule has 0 aliphatic rings. The van der Waals surface area contributed by atoms with Crippen LogP contribution in [0, 0.1) is 0 Å². The third-order valence-corrected chi connectivity index (χ3v) is 2.94. The zero-order chi connectivity index (χ0) is 12.3. The van der Waals surface area contributed by atoms with Gasteiger partial charge in [-0.3, -0.25) is 4.79 Å². The molecule has 1 aromatic rings. The van der Waals surface area contributed by atoms with Crippen LogP contribution < -0.4 is 4.74 Å². The van der Waals surface area contributed by atoms with Gasteiger partial charge in [-0.1, -0.05) is 20.8 Å². The van der Waals surface area contributed by atoms with Crippen LogP contribution in [0.5, 0.6) is 5.75 Å². The first kappa shape index (κ1) is 13.2. The Balaban J connectivity index is 3.32. The summed E-state index contributed by atoms with van der Waals surface area (Å²) in [7, 11) is 0. The van der Waals surface area contributed by atoms with E-state index in [4.69, 9.17) is 4.74 Å². The van der Waals surface area contributed by atoms with Gasteiger partial charge in [-0.15, -0.1) is 0 Å². The maximum atomic E-state index is 11.0. The summed E-state index contributed by atoms with van der Waals surface area (Å²) >= 11 is 3.45. The lowest BCUT2D eigenvalue weighted by atomic mass is 9.86. The monoisotopic (exact) mass is 284 g/mol. The molecule has 0 fully saturated rings. The Morgan fingerprint density at radius 1 is 1.38 bits per heavy atom. The maximum absolute atomic E-state index is 11.0. The first-order valence-electron chi connectivity index (χ1n) is 5.32. The summed E-state index contributed by atoms with van der Waals surface area (Å²) in [5.74, 6) is 0.630. The number of carbonyl (C=O) groups excluding carboxylic acids is 1. The van der Waals surface area contributed by atoms with Crippen LogP contribution in [0.15, 0.2) is 16.6 Å². The molecule has 0 amide bonds. The van der Waals surface area contributed by atoms with Gasteiger partial charge in [0.15, 0.2) is 6.29 Å². The van der Waals surface area contributed by atoms with Crippen molar-refractivity contribution < 1.29 is 9.53 Å². The third-order valence-electron chi connectivity index (χ3n) is 2.35. The highest BCUT2D eigenvalue weighted by Crippen LogP contribution is 2.34. The Kier molecular flexibility index (Phi) is 4.14. The normalized spacial score (nSPS) is 11.3. The van der Waals surface area contributed by atoms with Gasteiger partial charge in [0.1, 0.15) is 5.75 Å². The Hall–Kier alpha value is -0.830. The van der Waals surface area contributed by atoms with Crippen LogP contribution in [-0.2, 0) is 5.41 Å². The highest BCUT2D eigenvalue weighted by molar-refractivity contribution is 9.10. The largest absolute Gasteiger partial charge is 0.492 e. The summed E-state index contributed by atoms with van der Waals surface area (Å²) in [6.45, 7) is 8.80. The van der Waals surface area contributed by atoms with Gasteiger partial charge in [-0.05, 0) is 46.0 Å². The van der Waals surface area contributed by atoms with Crippen LogP contribution in [0.25, 0.3) is 0 Å². The smallest absolute Gasteiger partial charge is 0.153 e. The zero-order valence-corrected chi connectivity index (χ0v) is 11.7. The second kappa shape index (κ2) is 5.00. The number of hydrogen-bond donors (Lipinski definition) is 0. The topological polar surface area (TPSA) is 26.3 Å². The van der Waals surface area contributed by atoms with E-state index in [1.165, 1.54) is 0 Å². The van der Waals surface area contributed by atoms with Gasteiger partial charge < -0.3 is 4.74 Å². The first-order valence-corrected chi connectivity index (χ1v) is 6.11. The molecule has 0 saturated heterocycles. The van der Waals surface area contributed by atoms with Crippen molar-refractivity contribution in [1.82, 2.24) is 0 Å². The van der Waals surface area contributed by atoms with Crippen LogP contribution in [0.4, 0.5) is 0 Å². The molecule has 0 saturated carbocycles. The molecule has 0 aliphatic heterocycles. The minimum atomic E-state index is 0.0189. The van der Waals surface area contributed by atoms with Crippen molar-refractivity contribution in [3.63, 3.8) is 0 Å². The standard InChI is InChI=1S/C13H17BrO2/c1-5-16-12-9(8-15)6-10(7-11(12)14)13(2,3)4/h6-8H,5H2,1-4H3. The fourth-order valence-electron chi connectivity index (χ4n) is 1.43. The molecule has 0 atom stereocenters. The highest BCUT2D eigenvalue weighted by Gasteiger charge is 2.18. The lowest BCUT2D eigenvalue weighted by Gasteiger charge is -2.21. The summed E-state index contributed by atoms with van der Waals surface area (Å²) in [6.07, 6.45) is 0.838. The lowest BCUT2D eigenvalue weighted by molar-refractivity contribution is 0.111. The SMILES string of the molecule is CCOc1c(Br)cc(C(C)(C)C)cc1C=O. The molecule has 0 radical (unpaired) electrons. The molecular formula is C13H17BrO2. The minimum absolute atomic E-state index is 0.0189. The molecule has 0 bridgehead atoms. The molecule has 0 N–H and O–H groups in total. The summed E-state index contributed by atoms with van der Waals surface area (Å²) in [6, 6.07) is 3.90. The van der Waals surface area contributed by atoms with Gasteiger partial charge in [0, 0.05) is 0 Å². The summed E-state index contributed by atoms with van der Waals surface area (Å²) in [4.78, 5) is 11.0. The van der Waals surface area contributed by atoms with Gasteiger partial charge in [0.25, 0.3) is 0 Å². The number of carbonyl (C=O) groups is 1. The molecule has 0 heterocycles. The van der Waals surface area contributed by atoms with Crippen molar-refractivity contribution in [2.45, 2.75) is 33.1 Å². The molecule has 0 aromatic heterocycles. The molecule has 88 valence electrons. The highest BCUT2D eigenvalue weighted by atomic mass is 79.9. The van der Waals surface area contributed by atoms with Crippen molar-refractivity contribution in [1.29, 1.82) is 0 Å². The molecule has 0 aliphatic carbocycles. The van der Waals surface area contributed by atoms with Crippen LogP contribution in [-0.4, -0.2) is 12.9 Å². The Labute approximate surface area is 105 Å². The lowest BCUT2D eigenvalue weighted by Crippen LogP contribution is -2.12. The van der Waals surface area contributed by atoms with Gasteiger partial charge in [0.2, 0.25) is 0 Å². The number of ether oxygens (including phenoxy) is 1. The molecule has 1 aromatic carbocycles. The predicted molar refractivity (Wildman–Crippen MR) is 69.4 cm³/mol. The van der Waals surface area contributed by atoms with Gasteiger partial charge in [-0.2, -0.15) is 0 Å². The molecule has 16 heavy (non-hydrogen) atoms. The number of aldehydes is 1. The Morgan fingerprint density at radius 2 is 2.00 bits per heavy atom. The summed E-state index contributed by atoms with van der Waals surface area (Å²) in [5, 5.41) is 0. The van der Waals surface area contributed by atoms with Crippen LogP contribution in [0.2, 0.25) is 0 Å². The van der Waals surface area contributed by atoms with Crippen LogP contribution in [0.3, 0.4) is 0 Å². The molecule has 0 spiro atoms. The number of rotatable bonds is 3. The van der Waals surface area contributed by atoms with E-state index in [2.05, 4.69) is 36.7 Å². The van der Waals surface area contributed by atoms with Gasteiger partial charge in [-0.25, -0.2) is 0 Å². The van der Waals surface area contributed by atoms with Crippen molar-refractivity contribution >= 4 is 22.2 Å². The Morgan fingerprint density at radius 3 is 2.44 bits per heavy atom. The average Bonchev–Trinajstić information content (AvgIpc) is 2.19. The van der Waals surface area contributed by atoms with E-state index < -0.39 is 0 Å². The molecule has 0 unspecified atom stereocenters. The maximum Gasteiger partial charge on any atom is 0.153 e. The van der Waals surface area contributed by atoms with Crippen molar-refractivity contribution in [2.75, 3.05) is 6.61 Å². The molecule has 1 rings (SSSR count). The minimum Gasteiger partial charge on any atom is -0.492 e. The molecule has 3 heteroatoms. The number of hydrogen-bond acceptors (Lipinski definition) is 2. The first-order chi connectivity index (χ1) is 7.40. The number of benzene rings is 1. The van der Waals surface area contributed by atoms with E-state index in [-0.39, 0.29) is 5.41 Å². The van der Waals surface area contributed by atoms with Crippen molar-refractivity contribution in [2.24, 2.45) is 0 Å². The number of halogens is 1. The van der Waals surface area contributed by atoms with Gasteiger partial charge in [0.05, 0.1) is 16.6 Å². The molecule has 2 nitrogen and oxygen atoms in total. The second-order valence-corrected chi connectivity index (χ2v) is 5.53. The molecular weight excluding hydrogens is 268 g/mol. The third kappa shape index (κ3) is 2.85. The second-order valence-electron chi connectivity index (χ2n) is 4.68. The predicted octanol–water partition coefficient (Wildman–Crippen LogP) is 3.96. The fraction of sp³-hybridized carbons (Fsp3) is 0.462.